The molecule has 17 heavy (non-hydrogen) atoms. The zero-order chi connectivity index (χ0) is 12.1. The maximum absolute atomic E-state index is 11.5. The number of anilines is 1. The zero-order valence-corrected chi connectivity index (χ0v) is 10.3. The summed E-state index contributed by atoms with van der Waals surface area (Å²) < 4.78 is 5.45. The lowest BCUT2D eigenvalue weighted by Gasteiger charge is -2.03. The van der Waals surface area contributed by atoms with E-state index in [0.717, 1.165) is 30.3 Å². The van der Waals surface area contributed by atoms with Gasteiger partial charge < -0.3 is 15.8 Å². The SMILES string of the molecule is Nc1nnc(C(=O)NCCCOCC2CC2)s1. The fraction of sp³-hybridized carbons (Fsp3) is 0.700. The molecule has 3 N–H and O–H groups in total. The molecule has 1 aromatic heterocycles. The van der Waals surface area contributed by atoms with Crippen LogP contribution < -0.4 is 11.1 Å². The quantitative estimate of drug-likeness (QED) is 0.700. The molecule has 0 radical (unpaired) electrons. The van der Waals surface area contributed by atoms with E-state index in [1.165, 1.54) is 12.8 Å². The number of carbonyl (C=O) groups is 1. The van der Waals surface area contributed by atoms with E-state index in [1.54, 1.807) is 0 Å². The van der Waals surface area contributed by atoms with Gasteiger partial charge in [0.25, 0.3) is 5.91 Å². The monoisotopic (exact) mass is 256 g/mol. The van der Waals surface area contributed by atoms with Crippen molar-refractivity contribution >= 4 is 22.4 Å². The number of hydrogen-bond donors (Lipinski definition) is 2. The molecule has 2 rings (SSSR count). The van der Waals surface area contributed by atoms with Gasteiger partial charge >= 0.3 is 0 Å². The Morgan fingerprint density at radius 2 is 2.35 bits per heavy atom. The summed E-state index contributed by atoms with van der Waals surface area (Å²) in [6.07, 6.45) is 3.41. The molecule has 0 aliphatic heterocycles. The summed E-state index contributed by atoms with van der Waals surface area (Å²) in [7, 11) is 0. The van der Waals surface area contributed by atoms with Crippen LogP contribution in [0.25, 0.3) is 0 Å². The molecule has 0 bridgehead atoms. The highest BCUT2D eigenvalue weighted by Gasteiger charge is 2.20. The topological polar surface area (TPSA) is 90.1 Å². The van der Waals surface area contributed by atoms with Gasteiger partial charge in [-0.05, 0) is 25.2 Å². The average molecular weight is 256 g/mol. The van der Waals surface area contributed by atoms with Gasteiger partial charge in [0.1, 0.15) is 0 Å². The smallest absolute Gasteiger partial charge is 0.282 e. The highest BCUT2D eigenvalue weighted by molar-refractivity contribution is 7.16. The van der Waals surface area contributed by atoms with Gasteiger partial charge in [0, 0.05) is 19.8 Å². The van der Waals surface area contributed by atoms with E-state index in [1.807, 2.05) is 0 Å². The number of carbonyl (C=O) groups excluding carboxylic acids is 1. The first kappa shape index (κ1) is 12.3. The summed E-state index contributed by atoms with van der Waals surface area (Å²) in [5.74, 6) is 0.565. The lowest BCUT2D eigenvalue weighted by atomic mass is 10.4. The number of nitrogen functional groups attached to an aromatic ring is 1. The van der Waals surface area contributed by atoms with Crippen LogP contribution in [0.4, 0.5) is 5.13 Å². The van der Waals surface area contributed by atoms with Crippen LogP contribution in [0.1, 0.15) is 29.1 Å². The molecule has 1 heterocycles. The molecule has 0 aromatic carbocycles. The van der Waals surface area contributed by atoms with Gasteiger partial charge in [0.2, 0.25) is 10.1 Å². The first-order valence-corrected chi connectivity index (χ1v) is 6.52. The van der Waals surface area contributed by atoms with Crippen LogP contribution >= 0.6 is 11.3 Å². The predicted molar refractivity (Wildman–Crippen MR) is 64.8 cm³/mol. The molecule has 1 aromatic rings. The van der Waals surface area contributed by atoms with Crippen LogP contribution in [0.15, 0.2) is 0 Å². The Bertz CT molecular complexity index is 378. The fourth-order valence-corrected chi connectivity index (χ4v) is 1.84. The van der Waals surface area contributed by atoms with Crippen molar-refractivity contribution in [3.63, 3.8) is 0 Å². The van der Waals surface area contributed by atoms with E-state index < -0.39 is 0 Å². The number of ether oxygens (including phenoxy) is 1. The molecule has 1 aliphatic rings. The van der Waals surface area contributed by atoms with Crippen LogP contribution in [0.3, 0.4) is 0 Å². The Morgan fingerprint density at radius 1 is 1.53 bits per heavy atom. The Morgan fingerprint density at radius 3 is 3.00 bits per heavy atom. The molecule has 1 amide bonds. The molecule has 0 spiro atoms. The second-order valence-electron chi connectivity index (χ2n) is 4.07. The number of rotatable bonds is 7. The van der Waals surface area contributed by atoms with Gasteiger partial charge in [0.15, 0.2) is 0 Å². The molecule has 1 saturated carbocycles. The number of aromatic nitrogens is 2. The summed E-state index contributed by atoms with van der Waals surface area (Å²) in [6.45, 7) is 2.14. The van der Waals surface area contributed by atoms with Gasteiger partial charge in [-0.15, -0.1) is 10.2 Å². The number of nitrogens with zero attached hydrogens (tertiary/aromatic N) is 2. The van der Waals surface area contributed by atoms with Crippen molar-refractivity contribution in [1.82, 2.24) is 15.5 Å². The van der Waals surface area contributed by atoms with Crippen LogP contribution in [0.2, 0.25) is 0 Å². The molecule has 0 saturated heterocycles. The maximum Gasteiger partial charge on any atom is 0.282 e. The Kier molecular flexibility index (Phi) is 4.27. The van der Waals surface area contributed by atoms with Crippen LogP contribution in [-0.2, 0) is 4.74 Å². The van der Waals surface area contributed by atoms with Crippen molar-refractivity contribution in [3.05, 3.63) is 5.01 Å². The largest absolute Gasteiger partial charge is 0.381 e. The van der Waals surface area contributed by atoms with Crippen LogP contribution in [0.5, 0.6) is 0 Å². The number of nitrogens with two attached hydrogens (primary N) is 1. The van der Waals surface area contributed by atoms with E-state index in [-0.39, 0.29) is 5.91 Å². The van der Waals surface area contributed by atoms with Gasteiger partial charge in [-0.1, -0.05) is 11.3 Å². The van der Waals surface area contributed by atoms with Crippen LogP contribution in [0, 0.1) is 5.92 Å². The summed E-state index contributed by atoms with van der Waals surface area (Å²) in [6, 6.07) is 0. The van der Waals surface area contributed by atoms with Crippen LogP contribution in [-0.4, -0.2) is 35.9 Å². The van der Waals surface area contributed by atoms with E-state index in [4.69, 9.17) is 10.5 Å². The van der Waals surface area contributed by atoms with Gasteiger partial charge in [-0.25, -0.2) is 0 Å². The van der Waals surface area contributed by atoms with Gasteiger partial charge in [-0.3, -0.25) is 4.79 Å². The molecule has 1 fully saturated rings. The normalized spacial score (nSPS) is 14.8. The van der Waals surface area contributed by atoms with Crippen molar-refractivity contribution in [2.24, 2.45) is 5.92 Å². The third-order valence-corrected chi connectivity index (χ3v) is 3.19. The minimum Gasteiger partial charge on any atom is -0.381 e. The second-order valence-corrected chi connectivity index (χ2v) is 5.08. The summed E-state index contributed by atoms with van der Waals surface area (Å²) in [5, 5.41) is 10.6. The Labute approximate surface area is 104 Å². The zero-order valence-electron chi connectivity index (χ0n) is 9.52. The first-order chi connectivity index (χ1) is 8.25. The summed E-state index contributed by atoms with van der Waals surface area (Å²) >= 11 is 1.09. The predicted octanol–water partition coefficient (Wildman–Crippen LogP) is 0.667. The fourth-order valence-electron chi connectivity index (χ4n) is 1.31. The highest BCUT2D eigenvalue weighted by atomic mass is 32.1. The Hall–Kier alpha value is -1.21. The standard InChI is InChI=1S/C10H16N4O2S/c11-10-14-13-9(17-10)8(15)12-4-1-5-16-6-7-2-3-7/h7H,1-6H2,(H2,11,14)(H,12,15). The molecule has 0 unspecified atom stereocenters. The maximum atomic E-state index is 11.5. The van der Waals surface area contributed by atoms with Crippen molar-refractivity contribution in [3.8, 4) is 0 Å². The van der Waals surface area contributed by atoms with Crippen molar-refractivity contribution in [1.29, 1.82) is 0 Å². The van der Waals surface area contributed by atoms with Crippen molar-refractivity contribution in [2.45, 2.75) is 19.3 Å². The summed E-state index contributed by atoms with van der Waals surface area (Å²) in [5.41, 5.74) is 5.39. The van der Waals surface area contributed by atoms with Gasteiger partial charge in [0.05, 0.1) is 0 Å². The lowest BCUT2D eigenvalue weighted by molar-refractivity contribution is 0.0936. The second kappa shape index (κ2) is 5.92. The first-order valence-electron chi connectivity index (χ1n) is 5.70. The number of hydrogen-bond acceptors (Lipinski definition) is 6. The van der Waals surface area contributed by atoms with E-state index in [2.05, 4.69) is 15.5 Å². The van der Waals surface area contributed by atoms with E-state index in [9.17, 15) is 4.79 Å². The molecule has 6 nitrogen and oxygen atoms in total. The molecule has 7 heteroatoms. The third-order valence-electron chi connectivity index (χ3n) is 2.44. The van der Waals surface area contributed by atoms with E-state index in [0.29, 0.717) is 23.3 Å². The molecular weight excluding hydrogens is 240 g/mol. The minimum absolute atomic E-state index is 0.221. The number of amides is 1. The Balaban J connectivity index is 1.53. The van der Waals surface area contributed by atoms with Gasteiger partial charge in [-0.2, -0.15) is 0 Å². The number of nitrogens with one attached hydrogen (secondary N) is 1. The molecule has 94 valence electrons. The lowest BCUT2D eigenvalue weighted by Crippen LogP contribution is -2.25. The molecular formula is C10H16N4O2S. The van der Waals surface area contributed by atoms with E-state index >= 15 is 0 Å². The minimum atomic E-state index is -0.221. The third kappa shape index (κ3) is 4.27. The summed E-state index contributed by atoms with van der Waals surface area (Å²) in [4.78, 5) is 11.5. The molecule has 1 aliphatic carbocycles. The molecule has 0 atom stereocenters. The van der Waals surface area contributed by atoms with Crippen molar-refractivity contribution in [2.75, 3.05) is 25.5 Å². The van der Waals surface area contributed by atoms with Crippen molar-refractivity contribution < 1.29 is 9.53 Å². The average Bonchev–Trinajstić information content (AvgIpc) is 3.04. The highest BCUT2D eigenvalue weighted by Crippen LogP contribution is 2.28.